The van der Waals surface area contributed by atoms with Gasteiger partial charge in [0, 0.05) is 17.5 Å². The van der Waals surface area contributed by atoms with E-state index in [1.165, 1.54) is 6.92 Å². The minimum atomic E-state index is -0.0792. The van der Waals surface area contributed by atoms with Crippen molar-refractivity contribution in [3.05, 3.63) is 46.7 Å². The van der Waals surface area contributed by atoms with E-state index in [0.717, 1.165) is 11.1 Å². The number of ketones is 1. The molecule has 1 aromatic carbocycles. The van der Waals surface area contributed by atoms with Crippen molar-refractivity contribution in [3.8, 4) is 11.3 Å². The van der Waals surface area contributed by atoms with Gasteiger partial charge in [0.1, 0.15) is 5.76 Å². The Morgan fingerprint density at radius 2 is 2.00 bits per heavy atom. The number of carbonyl (C=O) groups excluding carboxylic acids is 1. The fourth-order valence-electron chi connectivity index (χ4n) is 1.43. The molecule has 82 valence electrons. The molecule has 2 nitrogen and oxygen atoms in total. The SMILES string of the molecule is CC(=O)c1ccc(-c2ccc(C)c(Cl)c2)o1. The van der Waals surface area contributed by atoms with Crippen LogP contribution in [0.25, 0.3) is 11.3 Å². The maximum atomic E-state index is 11.1. The number of hydrogen-bond acceptors (Lipinski definition) is 2. The van der Waals surface area contributed by atoms with Crippen LogP contribution in [0.1, 0.15) is 23.0 Å². The molecular formula is C13H11ClO2. The number of rotatable bonds is 2. The second-order valence-corrected chi connectivity index (χ2v) is 4.09. The molecule has 0 unspecified atom stereocenters. The van der Waals surface area contributed by atoms with Crippen molar-refractivity contribution in [2.24, 2.45) is 0 Å². The summed E-state index contributed by atoms with van der Waals surface area (Å²) >= 11 is 6.02. The van der Waals surface area contributed by atoms with Crippen molar-refractivity contribution in [2.45, 2.75) is 13.8 Å². The number of benzene rings is 1. The monoisotopic (exact) mass is 234 g/mol. The summed E-state index contributed by atoms with van der Waals surface area (Å²) in [4.78, 5) is 11.1. The molecule has 0 aliphatic heterocycles. The Morgan fingerprint density at radius 3 is 2.56 bits per heavy atom. The van der Waals surface area contributed by atoms with Crippen molar-refractivity contribution in [1.82, 2.24) is 0 Å². The first-order valence-corrected chi connectivity index (χ1v) is 5.33. The number of aryl methyl sites for hydroxylation is 1. The van der Waals surface area contributed by atoms with E-state index in [2.05, 4.69) is 0 Å². The Labute approximate surface area is 98.8 Å². The van der Waals surface area contributed by atoms with Crippen LogP contribution < -0.4 is 0 Å². The van der Waals surface area contributed by atoms with Gasteiger partial charge < -0.3 is 4.42 Å². The van der Waals surface area contributed by atoms with E-state index in [4.69, 9.17) is 16.0 Å². The third-order valence-corrected chi connectivity index (χ3v) is 2.82. The molecule has 0 radical (unpaired) electrons. The molecule has 0 spiro atoms. The Balaban J connectivity index is 2.42. The second-order valence-electron chi connectivity index (χ2n) is 3.68. The molecule has 0 bridgehead atoms. The van der Waals surface area contributed by atoms with E-state index in [1.807, 2.05) is 25.1 Å². The van der Waals surface area contributed by atoms with Gasteiger partial charge in [0.05, 0.1) is 0 Å². The molecular weight excluding hydrogens is 224 g/mol. The third-order valence-electron chi connectivity index (χ3n) is 2.41. The molecule has 0 saturated carbocycles. The lowest BCUT2D eigenvalue weighted by Crippen LogP contribution is -1.86. The highest BCUT2D eigenvalue weighted by atomic mass is 35.5. The molecule has 0 saturated heterocycles. The van der Waals surface area contributed by atoms with Crippen molar-refractivity contribution < 1.29 is 9.21 Å². The van der Waals surface area contributed by atoms with E-state index in [9.17, 15) is 4.79 Å². The van der Waals surface area contributed by atoms with Gasteiger partial charge in [0.25, 0.3) is 0 Å². The average molecular weight is 235 g/mol. The predicted octanol–water partition coefficient (Wildman–Crippen LogP) is 4.11. The van der Waals surface area contributed by atoms with Crippen LogP contribution >= 0.6 is 11.6 Å². The van der Waals surface area contributed by atoms with Crippen LogP contribution in [-0.2, 0) is 0 Å². The average Bonchev–Trinajstić information content (AvgIpc) is 2.71. The minimum absolute atomic E-state index is 0.0792. The lowest BCUT2D eigenvalue weighted by molar-refractivity contribution is 0.0988. The number of Topliss-reactive ketones (excluding diaryl/α,β-unsaturated/α-hetero) is 1. The normalized spacial score (nSPS) is 10.4. The van der Waals surface area contributed by atoms with Gasteiger partial charge in [-0.2, -0.15) is 0 Å². The summed E-state index contributed by atoms with van der Waals surface area (Å²) in [6.45, 7) is 3.42. The molecule has 16 heavy (non-hydrogen) atoms. The van der Waals surface area contributed by atoms with E-state index < -0.39 is 0 Å². The summed E-state index contributed by atoms with van der Waals surface area (Å²) in [5.41, 5.74) is 1.90. The van der Waals surface area contributed by atoms with Gasteiger partial charge in [-0.3, -0.25) is 4.79 Å². The highest BCUT2D eigenvalue weighted by Crippen LogP contribution is 2.26. The van der Waals surface area contributed by atoms with E-state index in [-0.39, 0.29) is 5.78 Å². The molecule has 2 rings (SSSR count). The van der Waals surface area contributed by atoms with Crippen LogP contribution in [0.4, 0.5) is 0 Å². The molecule has 2 aromatic rings. The lowest BCUT2D eigenvalue weighted by atomic mass is 10.1. The van der Waals surface area contributed by atoms with Gasteiger partial charge in [-0.05, 0) is 30.7 Å². The molecule has 1 heterocycles. The Hall–Kier alpha value is -1.54. The van der Waals surface area contributed by atoms with E-state index in [0.29, 0.717) is 16.5 Å². The maximum absolute atomic E-state index is 11.1. The first kappa shape index (κ1) is 11.0. The van der Waals surface area contributed by atoms with Crippen LogP contribution in [0.3, 0.4) is 0 Å². The minimum Gasteiger partial charge on any atom is -0.453 e. The largest absolute Gasteiger partial charge is 0.453 e. The van der Waals surface area contributed by atoms with Crippen LogP contribution in [-0.4, -0.2) is 5.78 Å². The van der Waals surface area contributed by atoms with Gasteiger partial charge >= 0.3 is 0 Å². The predicted molar refractivity (Wildman–Crippen MR) is 63.9 cm³/mol. The van der Waals surface area contributed by atoms with Crippen LogP contribution in [0.15, 0.2) is 34.7 Å². The Bertz CT molecular complexity index is 541. The Morgan fingerprint density at radius 1 is 1.25 bits per heavy atom. The maximum Gasteiger partial charge on any atom is 0.194 e. The highest BCUT2D eigenvalue weighted by Gasteiger charge is 2.08. The second kappa shape index (κ2) is 4.14. The number of hydrogen-bond donors (Lipinski definition) is 0. The zero-order valence-corrected chi connectivity index (χ0v) is 9.84. The molecule has 0 atom stereocenters. The third kappa shape index (κ3) is 2.02. The number of carbonyl (C=O) groups is 1. The van der Waals surface area contributed by atoms with Gasteiger partial charge in [-0.1, -0.05) is 23.7 Å². The number of furan rings is 1. The summed E-state index contributed by atoms with van der Waals surface area (Å²) in [7, 11) is 0. The standard InChI is InChI=1S/C13H11ClO2/c1-8-3-4-10(7-11(8)14)13-6-5-12(16-13)9(2)15/h3-7H,1-2H3. The van der Waals surface area contributed by atoms with Gasteiger partial charge in [0.15, 0.2) is 11.5 Å². The summed E-state index contributed by atoms with van der Waals surface area (Å²) in [5.74, 6) is 0.947. The van der Waals surface area contributed by atoms with E-state index >= 15 is 0 Å². The molecule has 1 aromatic heterocycles. The molecule has 0 N–H and O–H groups in total. The molecule has 0 fully saturated rings. The first-order valence-electron chi connectivity index (χ1n) is 4.95. The van der Waals surface area contributed by atoms with Crippen molar-refractivity contribution in [2.75, 3.05) is 0 Å². The van der Waals surface area contributed by atoms with Crippen LogP contribution in [0, 0.1) is 6.92 Å². The fourth-order valence-corrected chi connectivity index (χ4v) is 1.61. The quantitative estimate of drug-likeness (QED) is 0.732. The van der Waals surface area contributed by atoms with Crippen molar-refractivity contribution in [3.63, 3.8) is 0 Å². The summed E-state index contributed by atoms with van der Waals surface area (Å²) < 4.78 is 5.42. The van der Waals surface area contributed by atoms with Crippen molar-refractivity contribution in [1.29, 1.82) is 0 Å². The van der Waals surface area contributed by atoms with Gasteiger partial charge in [0.2, 0.25) is 0 Å². The molecule has 0 amide bonds. The van der Waals surface area contributed by atoms with Crippen LogP contribution in [0.2, 0.25) is 5.02 Å². The topological polar surface area (TPSA) is 30.2 Å². The van der Waals surface area contributed by atoms with Gasteiger partial charge in [-0.15, -0.1) is 0 Å². The zero-order valence-electron chi connectivity index (χ0n) is 9.08. The lowest BCUT2D eigenvalue weighted by Gasteiger charge is -2.00. The van der Waals surface area contributed by atoms with E-state index in [1.54, 1.807) is 12.1 Å². The summed E-state index contributed by atoms with van der Waals surface area (Å²) in [6, 6.07) is 9.13. The van der Waals surface area contributed by atoms with Crippen molar-refractivity contribution >= 4 is 17.4 Å². The fraction of sp³-hybridized carbons (Fsp3) is 0.154. The Kier molecular flexibility index (Phi) is 2.84. The molecule has 0 aliphatic carbocycles. The zero-order chi connectivity index (χ0) is 11.7. The molecule has 0 aliphatic rings. The first-order chi connectivity index (χ1) is 7.58. The highest BCUT2D eigenvalue weighted by molar-refractivity contribution is 6.31. The van der Waals surface area contributed by atoms with Gasteiger partial charge in [-0.25, -0.2) is 0 Å². The van der Waals surface area contributed by atoms with Crippen LogP contribution in [0.5, 0.6) is 0 Å². The summed E-state index contributed by atoms with van der Waals surface area (Å²) in [5, 5.41) is 0.693. The summed E-state index contributed by atoms with van der Waals surface area (Å²) in [6.07, 6.45) is 0. The molecule has 3 heteroatoms. The smallest absolute Gasteiger partial charge is 0.194 e. The number of halogens is 1.